The summed E-state index contributed by atoms with van der Waals surface area (Å²) in [7, 11) is 1.31. The summed E-state index contributed by atoms with van der Waals surface area (Å²) in [6.45, 7) is 2.63. The number of pyridine rings is 1. The fraction of sp³-hybridized carbons (Fsp3) is 0.353. The van der Waals surface area contributed by atoms with Crippen molar-refractivity contribution in [1.29, 1.82) is 0 Å². The largest absolute Gasteiger partial charge is 0.491 e. The van der Waals surface area contributed by atoms with Crippen LogP contribution >= 0.6 is 0 Å². The van der Waals surface area contributed by atoms with Crippen LogP contribution in [0.1, 0.15) is 36.5 Å². The van der Waals surface area contributed by atoms with Crippen LogP contribution in [0.5, 0.6) is 5.75 Å². The number of carbonyl (C=O) groups is 2. The van der Waals surface area contributed by atoms with E-state index in [0.717, 1.165) is 11.8 Å². The number of hydrogen-bond donors (Lipinski definition) is 0. The van der Waals surface area contributed by atoms with Crippen molar-refractivity contribution in [1.82, 2.24) is 4.98 Å². The molecule has 1 aromatic carbocycles. The van der Waals surface area contributed by atoms with Crippen molar-refractivity contribution in [3.05, 3.63) is 36.0 Å². The predicted molar refractivity (Wildman–Crippen MR) is 83.1 cm³/mol. The molecule has 0 radical (unpaired) electrons. The molecule has 0 spiro atoms. The summed E-state index contributed by atoms with van der Waals surface area (Å²) in [5.74, 6) is 0.172. The van der Waals surface area contributed by atoms with Gasteiger partial charge in [0, 0.05) is 23.6 Å². The molecule has 0 aliphatic carbocycles. The monoisotopic (exact) mass is 301 g/mol. The third kappa shape index (κ3) is 3.61. The van der Waals surface area contributed by atoms with Gasteiger partial charge in [0.1, 0.15) is 11.3 Å². The number of carbonyl (C=O) groups excluding carboxylic acids is 2. The molecular weight excluding hydrogens is 282 g/mol. The number of benzene rings is 1. The molecule has 5 nitrogen and oxygen atoms in total. The topological polar surface area (TPSA) is 65.5 Å². The summed E-state index contributed by atoms with van der Waals surface area (Å²) < 4.78 is 10.2. The minimum atomic E-state index is -0.390. The van der Waals surface area contributed by atoms with E-state index in [1.54, 1.807) is 24.4 Å². The molecular formula is C17H19NO4. The SMILES string of the molecule is CCCOc1ccc(C(=O)CCC(=O)OC)c2cccnc12. The molecule has 0 aliphatic heterocycles. The highest BCUT2D eigenvalue weighted by molar-refractivity contribution is 6.09. The fourth-order valence-corrected chi connectivity index (χ4v) is 2.17. The van der Waals surface area contributed by atoms with Crippen molar-refractivity contribution in [3.63, 3.8) is 0 Å². The molecule has 0 bridgehead atoms. The van der Waals surface area contributed by atoms with Crippen LogP contribution in [0.3, 0.4) is 0 Å². The number of rotatable bonds is 7. The molecule has 1 aromatic heterocycles. The number of esters is 1. The van der Waals surface area contributed by atoms with Gasteiger partial charge in [0.05, 0.1) is 20.1 Å². The Bertz CT molecular complexity index is 681. The zero-order valence-corrected chi connectivity index (χ0v) is 12.8. The Labute approximate surface area is 129 Å². The quantitative estimate of drug-likeness (QED) is 0.580. The highest BCUT2D eigenvalue weighted by atomic mass is 16.5. The van der Waals surface area contributed by atoms with E-state index < -0.39 is 5.97 Å². The van der Waals surface area contributed by atoms with Crippen molar-refractivity contribution in [3.8, 4) is 5.75 Å². The summed E-state index contributed by atoms with van der Waals surface area (Å²) in [5, 5.41) is 0.742. The van der Waals surface area contributed by atoms with Gasteiger partial charge in [-0.25, -0.2) is 0 Å². The Balaban J connectivity index is 2.31. The standard InChI is InChI=1S/C17H19NO4/c1-3-11-22-15-8-6-12(13-5-4-10-18-17(13)15)14(19)7-9-16(20)21-2/h4-6,8,10H,3,7,9,11H2,1-2H3. The van der Waals surface area contributed by atoms with Crippen molar-refractivity contribution in [2.75, 3.05) is 13.7 Å². The molecule has 1 heterocycles. The number of ether oxygens (including phenoxy) is 2. The molecule has 0 saturated heterocycles. The molecule has 2 aromatic rings. The Hall–Kier alpha value is -2.43. The van der Waals surface area contributed by atoms with Gasteiger partial charge in [0.15, 0.2) is 5.78 Å². The molecule has 0 unspecified atom stereocenters. The van der Waals surface area contributed by atoms with Crippen LogP contribution in [0.2, 0.25) is 0 Å². The lowest BCUT2D eigenvalue weighted by Crippen LogP contribution is -2.07. The highest BCUT2D eigenvalue weighted by Gasteiger charge is 2.15. The van der Waals surface area contributed by atoms with Gasteiger partial charge in [-0.1, -0.05) is 13.0 Å². The first-order valence-electron chi connectivity index (χ1n) is 7.28. The maximum absolute atomic E-state index is 12.3. The maximum atomic E-state index is 12.3. The van der Waals surface area contributed by atoms with Gasteiger partial charge in [0.2, 0.25) is 0 Å². The number of aromatic nitrogens is 1. The Morgan fingerprint density at radius 2 is 2.00 bits per heavy atom. The van der Waals surface area contributed by atoms with E-state index in [1.165, 1.54) is 7.11 Å². The molecule has 116 valence electrons. The summed E-state index contributed by atoms with van der Waals surface area (Å²) in [4.78, 5) is 27.8. The van der Waals surface area contributed by atoms with Crippen LogP contribution in [-0.2, 0) is 9.53 Å². The molecule has 0 aliphatic rings. The Morgan fingerprint density at radius 1 is 1.18 bits per heavy atom. The van der Waals surface area contributed by atoms with Crippen molar-refractivity contribution in [2.45, 2.75) is 26.2 Å². The van der Waals surface area contributed by atoms with E-state index >= 15 is 0 Å². The summed E-state index contributed by atoms with van der Waals surface area (Å²) in [6.07, 6.45) is 2.76. The van der Waals surface area contributed by atoms with Gasteiger partial charge in [-0.2, -0.15) is 0 Å². The third-order valence-corrected chi connectivity index (χ3v) is 3.28. The lowest BCUT2D eigenvalue weighted by Gasteiger charge is -2.10. The van der Waals surface area contributed by atoms with Crippen LogP contribution in [0.4, 0.5) is 0 Å². The average molecular weight is 301 g/mol. The van der Waals surface area contributed by atoms with Crippen LogP contribution in [0, 0.1) is 0 Å². The number of fused-ring (bicyclic) bond motifs is 1. The molecule has 2 rings (SSSR count). The highest BCUT2D eigenvalue weighted by Crippen LogP contribution is 2.27. The summed E-state index contributed by atoms with van der Waals surface area (Å²) in [6, 6.07) is 7.11. The first-order chi connectivity index (χ1) is 10.7. The number of methoxy groups -OCH3 is 1. The van der Waals surface area contributed by atoms with Crippen LogP contribution in [0.25, 0.3) is 10.9 Å². The van der Waals surface area contributed by atoms with E-state index in [9.17, 15) is 9.59 Å². The Morgan fingerprint density at radius 3 is 2.73 bits per heavy atom. The lowest BCUT2D eigenvalue weighted by molar-refractivity contribution is -0.140. The van der Waals surface area contributed by atoms with E-state index in [2.05, 4.69) is 9.72 Å². The molecule has 0 atom stereocenters. The fourth-order valence-electron chi connectivity index (χ4n) is 2.17. The smallest absolute Gasteiger partial charge is 0.305 e. The van der Waals surface area contributed by atoms with Crippen LogP contribution in [0.15, 0.2) is 30.5 Å². The molecule has 0 N–H and O–H groups in total. The first kappa shape index (κ1) is 15.9. The minimum Gasteiger partial charge on any atom is -0.491 e. The van der Waals surface area contributed by atoms with Crippen LogP contribution < -0.4 is 4.74 Å². The summed E-state index contributed by atoms with van der Waals surface area (Å²) >= 11 is 0. The van der Waals surface area contributed by atoms with Gasteiger partial charge < -0.3 is 9.47 Å². The van der Waals surface area contributed by atoms with E-state index in [0.29, 0.717) is 23.4 Å². The maximum Gasteiger partial charge on any atom is 0.305 e. The second-order valence-corrected chi connectivity index (χ2v) is 4.86. The number of ketones is 1. The minimum absolute atomic E-state index is 0.0746. The molecule has 0 amide bonds. The lowest BCUT2D eigenvalue weighted by atomic mass is 10.0. The van der Waals surface area contributed by atoms with Crippen molar-refractivity contribution in [2.24, 2.45) is 0 Å². The van der Waals surface area contributed by atoms with Gasteiger partial charge in [-0.15, -0.1) is 0 Å². The van der Waals surface area contributed by atoms with Crippen molar-refractivity contribution >= 4 is 22.7 Å². The summed E-state index contributed by atoms with van der Waals surface area (Å²) in [5.41, 5.74) is 1.22. The Kier molecular flexibility index (Phi) is 5.47. The molecule has 5 heteroatoms. The molecule has 22 heavy (non-hydrogen) atoms. The number of nitrogens with zero attached hydrogens (tertiary/aromatic N) is 1. The second-order valence-electron chi connectivity index (χ2n) is 4.86. The van der Waals surface area contributed by atoms with Gasteiger partial charge in [-0.05, 0) is 24.6 Å². The number of hydrogen-bond acceptors (Lipinski definition) is 5. The first-order valence-corrected chi connectivity index (χ1v) is 7.28. The normalized spacial score (nSPS) is 10.5. The zero-order valence-electron chi connectivity index (χ0n) is 12.8. The van der Waals surface area contributed by atoms with E-state index in [4.69, 9.17) is 4.74 Å². The second kappa shape index (κ2) is 7.54. The third-order valence-electron chi connectivity index (χ3n) is 3.28. The molecule has 0 saturated carbocycles. The van der Waals surface area contributed by atoms with Crippen molar-refractivity contribution < 1.29 is 19.1 Å². The average Bonchev–Trinajstić information content (AvgIpc) is 2.57. The predicted octanol–water partition coefficient (Wildman–Crippen LogP) is 3.16. The zero-order chi connectivity index (χ0) is 15.9. The number of Topliss-reactive ketones (excluding diaryl/α,β-unsaturated/α-hetero) is 1. The van der Waals surface area contributed by atoms with Gasteiger partial charge >= 0.3 is 5.97 Å². The van der Waals surface area contributed by atoms with Crippen LogP contribution in [-0.4, -0.2) is 30.5 Å². The van der Waals surface area contributed by atoms with E-state index in [1.807, 2.05) is 13.0 Å². The molecule has 0 fully saturated rings. The van der Waals surface area contributed by atoms with Gasteiger partial charge in [0.25, 0.3) is 0 Å². The van der Waals surface area contributed by atoms with Gasteiger partial charge in [-0.3, -0.25) is 14.6 Å². The van der Waals surface area contributed by atoms with E-state index in [-0.39, 0.29) is 18.6 Å².